The predicted octanol–water partition coefficient (Wildman–Crippen LogP) is 3.96. The molecule has 1 aliphatic heterocycles. The third-order valence-corrected chi connectivity index (χ3v) is 4.84. The number of ether oxygens (including phenoxy) is 1. The number of likely N-dealkylation sites (tertiary alicyclic amines) is 1. The van der Waals surface area contributed by atoms with Gasteiger partial charge in [-0.1, -0.05) is 35.9 Å². The largest absolute Gasteiger partial charge is 0.496 e. The first-order valence-corrected chi connectivity index (χ1v) is 9.16. The van der Waals surface area contributed by atoms with Crippen molar-refractivity contribution in [1.29, 1.82) is 0 Å². The summed E-state index contributed by atoms with van der Waals surface area (Å²) in [4.78, 5) is 14.8. The molecule has 2 amide bonds. The van der Waals surface area contributed by atoms with Gasteiger partial charge in [-0.2, -0.15) is 0 Å². The molecule has 1 heterocycles. The summed E-state index contributed by atoms with van der Waals surface area (Å²) in [6.45, 7) is 4.66. The molecule has 5 heteroatoms. The molecule has 5 nitrogen and oxygen atoms in total. The van der Waals surface area contributed by atoms with E-state index in [1.54, 1.807) is 7.11 Å². The van der Waals surface area contributed by atoms with E-state index in [9.17, 15) is 4.79 Å². The highest BCUT2D eigenvalue weighted by molar-refractivity contribution is 5.89. The van der Waals surface area contributed by atoms with Crippen molar-refractivity contribution in [3.8, 4) is 5.75 Å². The predicted molar refractivity (Wildman–Crippen MR) is 105 cm³/mol. The van der Waals surface area contributed by atoms with Crippen LogP contribution >= 0.6 is 0 Å². The molecular weight excluding hydrogens is 326 g/mol. The number of aryl methyl sites for hydroxylation is 1. The summed E-state index contributed by atoms with van der Waals surface area (Å²) in [5, 5.41) is 5.92. The molecule has 1 unspecified atom stereocenters. The van der Waals surface area contributed by atoms with Crippen molar-refractivity contribution < 1.29 is 9.53 Å². The molecule has 1 atom stereocenters. The maximum Gasteiger partial charge on any atom is 0.319 e. The van der Waals surface area contributed by atoms with Crippen molar-refractivity contribution in [3.63, 3.8) is 0 Å². The zero-order valence-corrected chi connectivity index (χ0v) is 15.5. The van der Waals surface area contributed by atoms with Crippen LogP contribution in [0.4, 0.5) is 10.5 Å². The second-order valence-corrected chi connectivity index (χ2v) is 6.70. The quantitative estimate of drug-likeness (QED) is 0.826. The van der Waals surface area contributed by atoms with Gasteiger partial charge in [-0.15, -0.1) is 0 Å². The van der Waals surface area contributed by atoms with Crippen LogP contribution < -0.4 is 15.4 Å². The summed E-state index contributed by atoms with van der Waals surface area (Å²) in [5.41, 5.74) is 3.08. The highest BCUT2D eigenvalue weighted by Gasteiger charge is 2.26. The standard InChI is InChI=1S/C21H27N3O2/c1-16-9-11-17(12-10-16)23-21(25)22-15-19(24-13-5-6-14-24)18-7-3-4-8-20(18)26-2/h3-4,7-12,19H,5-6,13-15H2,1-2H3,(H2,22,23,25). The summed E-state index contributed by atoms with van der Waals surface area (Å²) in [5.74, 6) is 0.866. The minimum Gasteiger partial charge on any atom is -0.496 e. The molecule has 1 fully saturated rings. The second kappa shape index (κ2) is 8.72. The lowest BCUT2D eigenvalue weighted by atomic mass is 10.0. The van der Waals surface area contributed by atoms with Gasteiger partial charge in [0.2, 0.25) is 0 Å². The first kappa shape index (κ1) is 18.3. The molecule has 0 aromatic heterocycles. The number of anilines is 1. The molecule has 0 saturated carbocycles. The maximum absolute atomic E-state index is 12.3. The average molecular weight is 353 g/mol. The number of para-hydroxylation sites is 1. The second-order valence-electron chi connectivity index (χ2n) is 6.70. The van der Waals surface area contributed by atoms with Gasteiger partial charge in [0, 0.05) is 17.8 Å². The Kier molecular flexibility index (Phi) is 6.12. The first-order chi connectivity index (χ1) is 12.7. The zero-order valence-electron chi connectivity index (χ0n) is 15.5. The molecule has 138 valence electrons. The Morgan fingerprint density at radius 2 is 1.81 bits per heavy atom. The van der Waals surface area contributed by atoms with Crippen LogP contribution in [0.15, 0.2) is 48.5 Å². The monoisotopic (exact) mass is 353 g/mol. The van der Waals surface area contributed by atoms with E-state index in [1.807, 2.05) is 49.4 Å². The van der Waals surface area contributed by atoms with Crippen LogP contribution in [-0.2, 0) is 0 Å². The Morgan fingerprint density at radius 3 is 2.50 bits per heavy atom. The smallest absolute Gasteiger partial charge is 0.319 e. The van der Waals surface area contributed by atoms with Crippen LogP contribution in [0.2, 0.25) is 0 Å². The summed E-state index contributed by atoms with van der Waals surface area (Å²) >= 11 is 0. The number of hydrogen-bond donors (Lipinski definition) is 2. The van der Waals surface area contributed by atoms with E-state index in [1.165, 1.54) is 18.4 Å². The summed E-state index contributed by atoms with van der Waals surface area (Å²) < 4.78 is 5.54. The summed E-state index contributed by atoms with van der Waals surface area (Å²) in [6, 6.07) is 15.8. The van der Waals surface area contributed by atoms with Gasteiger partial charge in [0.15, 0.2) is 0 Å². The topological polar surface area (TPSA) is 53.6 Å². The number of amides is 2. The number of rotatable bonds is 6. The van der Waals surface area contributed by atoms with Gasteiger partial charge < -0.3 is 15.4 Å². The van der Waals surface area contributed by atoms with Crippen molar-refractivity contribution in [1.82, 2.24) is 10.2 Å². The third-order valence-electron chi connectivity index (χ3n) is 4.84. The van der Waals surface area contributed by atoms with Crippen LogP contribution in [0.1, 0.15) is 30.0 Å². The summed E-state index contributed by atoms with van der Waals surface area (Å²) in [7, 11) is 1.69. The number of urea groups is 1. The van der Waals surface area contributed by atoms with Gasteiger partial charge in [0.05, 0.1) is 13.2 Å². The van der Waals surface area contributed by atoms with E-state index in [2.05, 4.69) is 21.6 Å². The van der Waals surface area contributed by atoms with Crippen LogP contribution in [0.5, 0.6) is 5.75 Å². The minimum atomic E-state index is -0.187. The van der Waals surface area contributed by atoms with Crippen LogP contribution in [0.25, 0.3) is 0 Å². The molecule has 2 aromatic rings. The van der Waals surface area contributed by atoms with Gasteiger partial charge >= 0.3 is 6.03 Å². The maximum atomic E-state index is 12.3. The van der Waals surface area contributed by atoms with E-state index in [0.717, 1.165) is 30.1 Å². The van der Waals surface area contributed by atoms with E-state index >= 15 is 0 Å². The lowest BCUT2D eigenvalue weighted by molar-refractivity contribution is 0.224. The van der Waals surface area contributed by atoms with Gasteiger partial charge in [0.25, 0.3) is 0 Å². The zero-order chi connectivity index (χ0) is 18.4. The number of carbonyl (C=O) groups excluding carboxylic acids is 1. The van der Waals surface area contributed by atoms with Crippen molar-refractivity contribution >= 4 is 11.7 Å². The highest BCUT2D eigenvalue weighted by Crippen LogP contribution is 2.31. The fourth-order valence-electron chi connectivity index (χ4n) is 3.43. The fourth-order valence-corrected chi connectivity index (χ4v) is 3.43. The van der Waals surface area contributed by atoms with Gasteiger partial charge in [-0.25, -0.2) is 4.79 Å². The van der Waals surface area contributed by atoms with Gasteiger partial charge in [0.1, 0.15) is 5.75 Å². The molecule has 26 heavy (non-hydrogen) atoms. The lowest BCUT2D eigenvalue weighted by Gasteiger charge is -2.29. The number of hydrogen-bond acceptors (Lipinski definition) is 3. The molecule has 0 spiro atoms. The number of benzene rings is 2. The van der Waals surface area contributed by atoms with Gasteiger partial charge in [-0.05, 0) is 51.1 Å². The third kappa shape index (κ3) is 4.55. The molecule has 1 aliphatic rings. The Morgan fingerprint density at radius 1 is 1.12 bits per heavy atom. The number of carbonyl (C=O) groups is 1. The van der Waals surface area contributed by atoms with Crippen molar-refractivity contribution in [2.24, 2.45) is 0 Å². The Balaban J connectivity index is 1.67. The van der Waals surface area contributed by atoms with Crippen molar-refractivity contribution in [2.75, 3.05) is 32.1 Å². The first-order valence-electron chi connectivity index (χ1n) is 9.16. The molecule has 2 N–H and O–H groups in total. The van der Waals surface area contributed by atoms with Crippen molar-refractivity contribution in [2.45, 2.75) is 25.8 Å². The van der Waals surface area contributed by atoms with E-state index < -0.39 is 0 Å². The average Bonchev–Trinajstić information content (AvgIpc) is 3.18. The molecule has 0 bridgehead atoms. The molecule has 0 aliphatic carbocycles. The van der Waals surface area contributed by atoms with Crippen molar-refractivity contribution in [3.05, 3.63) is 59.7 Å². The van der Waals surface area contributed by atoms with E-state index in [4.69, 9.17) is 4.74 Å². The number of methoxy groups -OCH3 is 1. The fraction of sp³-hybridized carbons (Fsp3) is 0.381. The minimum absolute atomic E-state index is 0.109. The van der Waals surface area contributed by atoms with E-state index in [-0.39, 0.29) is 12.1 Å². The number of nitrogens with zero attached hydrogens (tertiary/aromatic N) is 1. The molecule has 2 aromatic carbocycles. The number of nitrogens with one attached hydrogen (secondary N) is 2. The molecule has 0 radical (unpaired) electrons. The van der Waals surface area contributed by atoms with E-state index in [0.29, 0.717) is 6.54 Å². The Hall–Kier alpha value is -2.53. The molecule has 1 saturated heterocycles. The van der Waals surface area contributed by atoms with Gasteiger partial charge in [-0.3, -0.25) is 4.90 Å². The Labute approximate surface area is 155 Å². The summed E-state index contributed by atoms with van der Waals surface area (Å²) in [6.07, 6.45) is 2.39. The van der Waals surface area contributed by atoms with Crippen LogP contribution in [0, 0.1) is 6.92 Å². The van der Waals surface area contributed by atoms with Crippen LogP contribution in [-0.4, -0.2) is 37.7 Å². The van der Waals surface area contributed by atoms with Crippen LogP contribution in [0.3, 0.4) is 0 Å². The molecular formula is C21H27N3O2. The SMILES string of the molecule is COc1ccccc1C(CNC(=O)Nc1ccc(C)cc1)N1CCCC1. The molecule has 3 rings (SSSR count). The normalized spacial score (nSPS) is 15.5. The Bertz CT molecular complexity index is 724. The highest BCUT2D eigenvalue weighted by atomic mass is 16.5. The lowest BCUT2D eigenvalue weighted by Crippen LogP contribution is -2.38.